The Hall–Kier alpha value is -3.15. The molecule has 3 aromatic rings. The molecule has 0 unspecified atom stereocenters. The van der Waals surface area contributed by atoms with E-state index >= 15 is 0 Å². The highest BCUT2D eigenvalue weighted by molar-refractivity contribution is 5.76. The Labute approximate surface area is 163 Å². The maximum Gasteiger partial charge on any atom is 0.227 e. The first-order valence-corrected chi connectivity index (χ1v) is 9.57. The molecular weight excluding hydrogens is 354 g/mol. The highest BCUT2D eigenvalue weighted by atomic mass is 16.5. The van der Waals surface area contributed by atoms with E-state index in [2.05, 4.69) is 33.7 Å². The van der Waals surface area contributed by atoms with Crippen LogP contribution in [-0.2, 0) is 17.6 Å². The summed E-state index contributed by atoms with van der Waals surface area (Å²) in [4.78, 5) is 16.8. The number of benzene rings is 2. The van der Waals surface area contributed by atoms with Gasteiger partial charge in [-0.1, -0.05) is 29.4 Å². The monoisotopic (exact) mass is 377 g/mol. The van der Waals surface area contributed by atoms with Gasteiger partial charge in [-0.05, 0) is 54.7 Å². The highest BCUT2D eigenvalue weighted by Gasteiger charge is 2.21. The summed E-state index contributed by atoms with van der Waals surface area (Å²) in [6.45, 7) is 0. The summed E-state index contributed by atoms with van der Waals surface area (Å²) in [7, 11) is 1.62. The Balaban J connectivity index is 1.34. The molecule has 1 aliphatic rings. The van der Waals surface area contributed by atoms with Gasteiger partial charge in [0.1, 0.15) is 5.75 Å². The summed E-state index contributed by atoms with van der Waals surface area (Å²) in [5.41, 5.74) is 3.42. The van der Waals surface area contributed by atoms with Crippen molar-refractivity contribution in [3.05, 3.63) is 65.5 Å². The van der Waals surface area contributed by atoms with Crippen molar-refractivity contribution < 1.29 is 14.1 Å². The minimum absolute atomic E-state index is 0.00546. The van der Waals surface area contributed by atoms with Crippen molar-refractivity contribution >= 4 is 5.91 Å². The molecule has 1 atom stereocenters. The number of nitrogens with zero attached hydrogens (tertiary/aromatic N) is 2. The van der Waals surface area contributed by atoms with Crippen LogP contribution >= 0.6 is 0 Å². The van der Waals surface area contributed by atoms with Crippen LogP contribution in [0, 0.1) is 0 Å². The van der Waals surface area contributed by atoms with Gasteiger partial charge in [0.2, 0.25) is 17.6 Å². The number of hydrogen-bond acceptors (Lipinski definition) is 5. The molecule has 0 fully saturated rings. The number of hydrogen-bond donors (Lipinski definition) is 1. The van der Waals surface area contributed by atoms with Crippen LogP contribution in [-0.4, -0.2) is 23.2 Å². The number of nitrogens with one attached hydrogen (secondary N) is 1. The second-order valence-corrected chi connectivity index (χ2v) is 6.95. The number of methoxy groups -OCH3 is 1. The van der Waals surface area contributed by atoms with E-state index in [9.17, 15) is 4.79 Å². The van der Waals surface area contributed by atoms with E-state index in [0.717, 1.165) is 30.6 Å². The third-order valence-electron chi connectivity index (χ3n) is 5.09. The van der Waals surface area contributed by atoms with Crippen LogP contribution in [0.1, 0.15) is 42.3 Å². The SMILES string of the molecule is COc1ccc(-c2noc(CCC(=O)N[C@H]3CCCc4ccccc43)n2)cc1. The summed E-state index contributed by atoms with van der Waals surface area (Å²) < 4.78 is 10.5. The van der Waals surface area contributed by atoms with Crippen molar-refractivity contribution in [3.63, 3.8) is 0 Å². The molecule has 1 aromatic heterocycles. The molecule has 2 aromatic carbocycles. The Kier molecular flexibility index (Phi) is 5.37. The Morgan fingerprint density at radius 2 is 2.04 bits per heavy atom. The van der Waals surface area contributed by atoms with E-state index in [1.165, 1.54) is 11.1 Å². The third-order valence-corrected chi connectivity index (χ3v) is 5.09. The zero-order valence-electron chi connectivity index (χ0n) is 15.9. The van der Waals surface area contributed by atoms with Gasteiger partial charge in [-0.15, -0.1) is 0 Å². The van der Waals surface area contributed by atoms with Crippen LogP contribution in [0.5, 0.6) is 5.75 Å². The highest BCUT2D eigenvalue weighted by Crippen LogP contribution is 2.29. The second-order valence-electron chi connectivity index (χ2n) is 6.95. The summed E-state index contributed by atoms with van der Waals surface area (Å²) in [6, 6.07) is 15.9. The normalized spacial score (nSPS) is 15.7. The molecule has 0 saturated carbocycles. The predicted molar refractivity (Wildman–Crippen MR) is 105 cm³/mol. The second kappa shape index (κ2) is 8.25. The zero-order chi connectivity index (χ0) is 19.3. The maximum absolute atomic E-state index is 12.4. The third kappa shape index (κ3) is 4.06. The van der Waals surface area contributed by atoms with Crippen molar-refractivity contribution in [2.45, 2.75) is 38.1 Å². The lowest BCUT2D eigenvalue weighted by Crippen LogP contribution is -2.31. The summed E-state index contributed by atoms with van der Waals surface area (Å²) in [6.07, 6.45) is 3.90. The van der Waals surface area contributed by atoms with Crippen LogP contribution in [0.25, 0.3) is 11.4 Å². The van der Waals surface area contributed by atoms with Crippen LogP contribution in [0.2, 0.25) is 0 Å². The predicted octanol–water partition coefficient (Wildman–Crippen LogP) is 3.87. The minimum Gasteiger partial charge on any atom is -0.497 e. The molecule has 1 heterocycles. The van der Waals surface area contributed by atoms with Gasteiger partial charge in [-0.3, -0.25) is 4.79 Å². The maximum atomic E-state index is 12.4. The molecule has 0 spiro atoms. The van der Waals surface area contributed by atoms with E-state index < -0.39 is 0 Å². The molecule has 0 radical (unpaired) electrons. The zero-order valence-corrected chi connectivity index (χ0v) is 15.9. The molecule has 28 heavy (non-hydrogen) atoms. The van der Waals surface area contributed by atoms with E-state index in [0.29, 0.717) is 24.6 Å². The minimum atomic E-state index is 0.00546. The molecule has 1 N–H and O–H groups in total. The molecule has 1 aliphatic carbocycles. The molecule has 0 bridgehead atoms. The van der Waals surface area contributed by atoms with Crippen LogP contribution < -0.4 is 10.1 Å². The van der Waals surface area contributed by atoms with Gasteiger partial charge in [0.05, 0.1) is 13.2 Å². The topological polar surface area (TPSA) is 77.2 Å². The number of carbonyl (C=O) groups is 1. The smallest absolute Gasteiger partial charge is 0.227 e. The van der Waals surface area contributed by atoms with E-state index in [4.69, 9.17) is 9.26 Å². The summed E-state index contributed by atoms with van der Waals surface area (Å²) in [5, 5.41) is 7.16. The van der Waals surface area contributed by atoms with Crippen molar-refractivity contribution in [1.82, 2.24) is 15.5 Å². The lowest BCUT2D eigenvalue weighted by atomic mass is 9.87. The van der Waals surface area contributed by atoms with Crippen molar-refractivity contribution in [1.29, 1.82) is 0 Å². The van der Waals surface area contributed by atoms with Crippen molar-refractivity contribution in [2.75, 3.05) is 7.11 Å². The number of carbonyl (C=O) groups excluding carboxylic acids is 1. The lowest BCUT2D eigenvalue weighted by Gasteiger charge is -2.26. The molecule has 6 heteroatoms. The van der Waals surface area contributed by atoms with Gasteiger partial charge in [0.15, 0.2) is 0 Å². The molecule has 1 amide bonds. The van der Waals surface area contributed by atoms with Gasteiger partial charge < -0.3 is 14.6 Å². The molecule has 4 rings (SSSR count). The number of fused-ring (bicyclic) bond motifs is 1. The first-order chi connectivity index (χ1) is 13.7. The number of rotatable bonds is 6. The summed E-state index contributed by atoms with van der Waals surface area (Å²) >= 11 is 0. The largest absolute Gasteiger partial charge is 0.497 e. The number of amides is 1. The summed E-state index contributed by atoms with van der Waals surface area (Å²) in [5.74, 6) is 1.75. The van der Waals surface area contributed by atoms with Crippen molar-refractivity contribution in [2.24, 2.45) is 0 Å². The fourth-order valence-corrected chi connectivity index (χ4v) is 3.60. The van der Waals surface area contributed by atoms with E-state index in [1.807, 2.05) is 30.3 Å². The number of aryl methyl sites for hydroxylation is 2. The molecule has 6 nitrogen and oxygen atoms in total. The molecule has 0 saturated heterocycles. The molecule has 144 valence electrons. The first kappa shape index (κ1) is 18.2. The first-order valence-electron chi connectivity index (χ1n) is 9.57. The lowest BCUT2D eigenvalue weighted by molar-refractivity contribution is -0.122. The fraction of sp³-hybridized carbons (Fsp3) is 0.318. The quantitative estimate of drug-likeness (QED) is 0.706. The van der Waals surface area contributed by atoms with Crippen LogP contribution in [0.3, 0.4) is 0 Å². The standard InChI is InChI=1S/C22H23N3O3/c1-27-17-11-9-16(10-12-17)22-24-21(28-25-22)14-13-20(26)23-19-8-4-6-15-5-2-3-7-18(15)19/h2-3,5,7,9-12,19H,4,6,8,13-14H2,1H3,(H,23,26)/t19-/m0/s1. The Morgan fingerprint density at radius 1 is 1.21 bits per heavy atom. The van der Waals surface area contributed by atoms with Crippen molar-refractivity contribution in [3.8, 4) is 17.1 Å². The average molecular weight is 377 g/mol. The van der Waals surface area contributed by atoms with Gasteiger partial charge in [0.25, 0.3) is 0 Å². The van der Waals surface area contributed by atoms with Crippen LogP contribution in [0.15, 0.2) is 53.1 Å². The Bertz CT molecular complexity index is 950. The van der Waals surface area contributed by atoms with Gasteiger partial charge in [0, 0.05) is 18.4 Å². The Morgan fingerprint density at radius 3 is 2.86 bits per heavy atom. The van der Waals surface area contributed by atoms with Gasteiger partial charge >= 0.3 is 0 Å². The molecule has 0 aliphatic heterocycles. The number of ether oxygens (including phenoxy) is 1. The van der Waals surface area contributed by atoms with Crippen LogP contribution in [0.4, 0.5) is 0 Å². The fourth-order valence-electron chi connectivity index (χ4n) is 3.60. The average Bonchev–Trinajstić information content (AvgIpc) is 3.22. The van der Waals surface area contributed by atoms with Gasteiger partial charge in [-0.25, -0.2) is 0 Å². The van der Waals surface area contributed by atoms with E-state index in [1.54, 1.807) is 7.11 Å². The van der Waals surface area contributed by atoms with E-state index in [-0.39, 0.29) is 11.9 Å². The van der Waals surface area contributed by atoms with Gasteiger partial charge in [-0.2, -0.15) is 4.98 Å². The number of aromatic nitrogens is 2. The molecular formula is C22H23N3O3.